The van der Waals surface area contributed by atoms with Crippen LogP contribution in [0.1, 0.15) is 62.4 Å². The quantitative estimate of drug-likeness (QED) is 0.371. The molecule has 166 valence electrons. The highest BCUT2D eigenvalue weighted by molar-refractivity contribution is 6.09. The van der Waals surface area contributed by atoms with Crippen LogP contribution in [0.4, 0.5) is 5.82 Å². The molecule has 4 rings (SSSR count). The highest BCUT2D eigenvalue weighted by Crippen LogP contribution is 2.32. The number of hydrogen-bond donors (Lipinski definition) is 1. The molecule has 32 heavy (non-hydrogen) atoms. The number of carbonyl (C=O) groups excluding carboxylic acids is 1. The Morgan fingerprint density at radius 3 is 2.28 bits per heavy atom. The fraction of sp³-hybridized carbons (Fsp3) is 0.346. The van der Waals surface area contributed by atoms with Crippen LogP contribution in [0, 0.1) is 5.92 Å². The van der Waals surface area contributed by atoms with E-state index in [9.17, 15) is 4.79 Å². The molecule has 2 N–H and O–H groups in total. The number of nitrogens with zero attached hydrogens (tertiary/aromatic N) is 3. The largest absolute Gasteiger partial charge is 0.462 e. The number of hydrogen-bond acceptors (Lipinski definition) is 5. The van der Waals surface area contributed by atoms with Gasteiger partial charge in [0, 0.05) is 5.69 Å². The van der Waals surface area contributed by atoms with Crippen molar-refractivity contribution in [1.82, 2.24) is 14.5 Å². The number of nitrogens with two attached hydrogens (primary N) is 1. The second-order valence-electron chi connectivity index (χ2n) is 8.49. The van der Waals surface area contributed by atoms with Crippen LogP contribution in [0.3, 0.4) is 0 Å². The average molecular weight is 431 g/mol. The molecule has 0 spiro atoms. The summed E-state index contributed by atoms with van der Waals surface area (Å²) in [7, 11) is 0. The lowest BCUT2D eigenvalue weighted by Crippen LogP contribution is -2.13. The maximum atomic E-state index is 13.1. The van der Waals surface area contributed by atoms with Crippen molar-refractivity contribution < 1.29 is 9.53 Å². The Morgan fingerprint density at radius 1 is 1.00 bits per heavy atom. The first-order valence-corrected chi connectivity index (χ1v) is 11.3. The molecule has 0 saturated heterocycles. The Kier molecular flexibility index (Phi) is 6.12. The highest BCUT2D eigenvalue weighted by atomic mass is 16.5. The first-order valence-electron chi connectivity index (χ1n) is 11.3. The molecule has 0 aliphatic rings. The first-order chi connectivity index (χ1) is 15.4. The molecule has 0 amide bonds. The molecule has 2 heterocycles. The minimum absolute atomic E-state index is 0.271. The van der Waals surface area contributed by atoms with Crippen LogP contribution in [0.2, 0.25) is 0 Å². The number of rotatable bonds is 7. The molecule has 0 fully saturated rings. The van der Waals surface area contributed by atoms with E-state index in [0.717, 1.165) is 24.0 Å². The minimum Gasteiger partial charge on any atom is -0.462 e. The Morgan fingerprint density at radius 2 is 1.66 bits per heavy atom. The van der Waals surface area contributed by atoms with Crippen LogP contribution in [0.5, 0.6) is 0 Å². The average Bonchev–Trinajstić information content (AvgIpc) is 3.10. The van der Waals surface area contributed by atoms with Crippen molar-refractivity contribution in [3.63, 3.8) is 0 Å². The number of benzene rings is 2. The van der Waals surface area contributed by atoms with E-state index in [1.165, 1.54) is 5.56 Å². The standard InChI is InChI=1S/C26H30N4O2/c1-5-16(3)15-32-26(31)22-23-25(29-21-10-8-7-9-20(21)28-23)30(24(22)27)19-13-11-18(12-14-19)17(4)6-2/h7-14,16-17H,5-6,15,27H2,1-4H3/t16-,17+/m0/s1. The lowest BCUT2D eigenvalue weighted by molar-refractivity contribution is 0.0450. The van der Waals surface area contributed by atoms with Gasteiger partial charge < -0.3 is 10.5 Å². The number of fused-ring (bicyclic) bond motifs is 2. The number of esters is 1. The van der Waals surface area contributed by atoms with Gasteiger partial charge in [-0.2, -0.15) is 0 Å². The molecule has 2 aromatic heterocycles. The molecule has 2 aromatic carbocycles. The predicted molar refractivity (Wildman–Crippen MR) is 129 cm³/mol. The smallest absolute Gasteiger partial charge is 0.344 e. The summed E-state index contributed by atoms with van der Waals surface area (Å²) in [6, 6.07) is 15.8. The monoisotopic (exact) mass is 430 g/mol. The SMILES string of the molecule is CC[C@H](C)COC(=O)c1c(N)n(-c2ccc([C@H](C)CC)cc2)c2nc3ccccc3nc12. The molecular weight excluding hydrogens is 400 g/mol. The molecule has 0 bridgehead atoms. The van der Waals surface area contributed by atoms with Crippen molar-refractivity contribution in [2.75, 3.05) is 12.3 Å². The topological polar surface area (TPSA) is 83.0 Å². The first kappa shape index (κ1) is 21.8. The summed E-state index contributed by atoms with van der Waals surface area (Å²) in [6.07, 6.45) is 2.00. The summed E-state index contributed by atoms with van der Waals surface area (Å²) in [6.45, 7) is 8.84. The summed E-state index contributed by atoms with van der Waals surface area (Å²) < 4.78 is 7.40. The van der Waals surface area contributed by atoms with E-state index in [0.29, 0.717) is 35.0 Å². The summed E-state index contributed by atoms with van der Waals surface area (Å²) >= 11 is 0. The Hall–Kier alpha value is -3.41. The predicted octanol–water partition coefficient (Wildman–Crippen LogP) is 5.87. The van der Waals surface area contributed by atoms with Gasteiger partial charge >= 0.3 is 5.97 Å². The number of aromatic nitrogens is 3. The van der Waals surface area contributed by atoms with Crippen LogP contribution in [-0.4, -0.2) is 27.1 Å². The number of para-hydroxylation sites is 2. The van der Waals surface area contributed by atoms with Crippen molar-refractivity contribution in [3.8, 4) is 5.69 Å². The zero-order valence-electron chi connectivity index (χ0n) is 19.1. The van der Waals surface area contributed by atoms with E-state index in [2.05, 4.69) is 32.9 Å². The van der Waals surface area contributed by atoms with Gasteiger partial charge in [-0.3, -0.25) is 4.57 Å². The van der Waals surface area contributed by atoms with Gasteiger partial charge in [0.25, 0.3) is 0 Å². The highest BCUT2D eigenvalue weighted by Gasteiger charge is 2.26. The van der Waals surface area contributed by atoms with Crippen LogP contribution in [0.25, 0.3) is 27.9 Å². The molecule has 0 saturated carbocycles. The normalized spacial score (nSPS) is 13.4. The van der Waals surface area contributed by atoms with Crippen molar-refractivity contribution in [3.05, 3.63) is 59.7 Å². The maximum Gasteiger partial charge on any atom is 0.344 e. The van der Waals surface area contributed by atoms with E-state index in [1.807, 2.05) is 43.3 Å². The van der Waals surface area contributed by atoms with Gasteiger partial charge in [0.15, 0.2) is 5.65 Å². The molecule has 4 aromatic rings. The molecule has 0 aliphatic heterocycles. The van der Waals surface area contributed by atoms with E-state index >= 15 is 0 Å². The summed E-state index contributed by atoms with van der Waals surface area (Å²) in [4.78, 5) is 22.6. The molecule has 6 heteroatoms. The second kappa shape index (κ2) is 8.99. The van der Waals surface area contributed by atoms with Crippen molar-refractivity contribution >= 4 is 34.0 Å². The lowest BCUT2D eigenvalue weighted by atomic mass is 9.99. The van der Waals surface area contributed by atoms with E-state index in [4.69, 9.17) is 20.4 Å². The van der Waals surface area contributed by atoms with Crippen molar-refractivity contribution in [2.24, 2.45) is 5.92 Å². The van der Waals surface area contributed by atoms with Crippen molar-refractivity contribution in [1.29, 1.82) is 0 Å². The maximum absolute atomic E-state index is 13.1. The van der Waals surface area contributed by atoms with E-state index in [1.54, 1.807) is 4.57 Å². The summed E-state index contributed by atoms with van der Waals surface area (Å²) in [5.41, 5.74) is 11.4. The summed E-state index contributed by atoms with van der Waals surface area (Å²) in [5, 5.41) is 0. The van der Waals surface area contributed by atoms with Crippen molar-refractivity contribution in [2.45, 2.75) is 46.5 Å². The Bertz CT molecular complexity index is 1260. The molecule has 6 nitrogen and oxygen atoms in total. The van der Waals surface area contributed by atoms with Gasteiger partial charge in [0.05, 0.1) is 17.6 Å². The van der Waals surface area contributed by atoms with Crippen LogP contribution >= 0.6 is 0 Å². The second-order valence-corrected chi connectivity index (χ2v) is 8.49. The fourth-order valence-corrected chi connectivity index (χ4v) is 3.72. The van der Waals surface area contributed by atoms with Crippen LogP contribution in [0.15, 0.2) is 48.5 Å². The molecule has 0 aliphatic carbocycles. The minimum atomic E-state index is -0.465. The third-order valence-electron chi connectivity index (χ3n) is 6.23. The van der Waals surface area contributed by atoms with Gasteiger partial charge in [-0.05, 0) is 48.1 Å². The van der Waals surface area contributed by atoms with Gasteiger partial charge in [-0.15, -0.1) is 0 Å². The molecule has 2 atom stereocenters. The third kappa shape index (κ3) is 3.93. The van der Waals surface area contributed by atoms with Gasteiger partial charge in [0.2, 0.25) is 0 Å². The molecule has 0 radical (unpaired) electrons. The third-order valence-corrected chi connectivity index (χ3v) is 6.23. The van der Waals surface area contributed by atoms with Gasteiger partial charge in [0.1, 0.15) is 16.9 Å². The zero-order chi connectivity index (χ0) is 22.8. The number of anilines is 1. The van der Waals surface area contributed by atoms with Crippen LogP contribution < -0.4 is 5.73 Å². The van der Waals surface area contributed by atoms with Gasteiger partial charge in [-0.25, -0.2) is 14.8 Å². The number of nitrogen functional groups attached to an aromatic ring is 1. The molecule has 0 unspecified atom stereocenters. The zero-order valence-corrected chi connectivity index (χ0v) is 19.1. The fourth-order valence-electron chi connectivity index (χ4n) is 3.72. The Labute approximate surface area is 188 Å². The lowest BCUT2D eigenvalue weighted by Gasteiger charge is -2.12. The van der Waals surface area contributed by atoms with E-state index < -0.39 is 5.97 Å². The molecular formula is C26H30N4O2. The summed E-state index contributed by atoms with van der Waals surface area (Å²) in [5.74, 6) is 0.569. The van der Waals surface area contributed by atoms with Crippen LogP contribution in [-0.2, 0) is 4.74 Å². The number of ether oxygens (including phenoxy) is 1. The Balaban J connectivity index is 1.89. The van der Waals surface area contributed by atoms with Gasteiger partial charge in [-0.1, -0.05) is 58.4 Å². The number of carbonyl (C=O) groups is 1. The van der Waals surface area contributed by atoms with E-state index in [-0.39, 0.29) is 11.5 Å².